The summed E-state index contributed by atoms with van der Waals surface area (Å²) in [5.74, 6) is 1.25. The van der Waals surface area contributed by atoms with Gasteiger partial charge in [-0.25, -0.2) is 5.43 Å². The highest BCUT2D eigenvalue weighted by molar-refractivity contribution is 9.10. The largest absolute Gasteiger partial charge is 0.490 e. The summed E-state index contributed by atoms with van der Waals surface area (Å²) in [4.78, 5) is 13.0. The van der Waals surface area contributed by atoms with E-state index in [-0.39, 0.29) is 11.7 Å². The minimum absolute atomic E-state index is 0.204. The first kappa shape index (κ1) is 25.6. The van der Waals surface area contributed by atoms with Crippen LogP contribution in [0.15, 0.2) is 79.6 Å². The van der Waals surface area contributed by atoms with E-state index in [1.807, 2.05) is 55.5 Å². The highest BCUT2D eigenvalue weighted by Gasteiger charge is 2.12. The molecule has 3 aromatic carbocycles. The molecule has 1 N–H and O–H groups in total. The number of carbonyl (C=O) groups is 1. The summed E-state index contributed by atoms with van der Waals surface area (Å²) < 4.78 is 13.5. The minimum atomic E-state index is -0.204. The zero-order valence-electron chi connectivity index (χ0n) is 17.7. The highest BCUT2D eigenvalue weighted by atomic mass is 79.9. The van der Waals surface area contributed by atoms with Crippen molar-refractivity contribution in [3.8, 4) is 11.5 Å². The fraction of sp³-hybridized carbons (Fsp3) is 0.167. The fourth-order valence-electron chi connectivity index (χ4n) is 2.69. The summed E-state index contributed by atoms with van der Waals surface area (Å²) in [5.41, 5.74) is 4.34. The third-order valence-corrected chi connectivity index (χ3v) is 6.60. The van der Waals surface area contributed by atoms with Crippen LogP contribution in [-0.4, -0.2) is 24.5 Å². The molecule has 3 rings (SSSR count). The van der Waals surface area contributed by atoms with Crippen molar-refractivity contribution in [2.45, 2.75) is 18.4 Å². The lowest BCUT2D eigenvalue weighted by atomic mass is 10.2. The van der Waals surface area contributed by atoms with Crippen molar-refractivity contribution in [2.24, 2.45) is 5.10 Å². The Morgan fingerprint density at radius 3 is 2.52 bits per heavy atom. The van der Waals surface area contributed by atoms with E-state index in [9.17, 15) is 4.79 Å². The van der Waals surface area contributed by atoms with Gasteiger partial charge in [-0.1, -0.05) is 39.7 Å². The predicted molar refractivity (Wildman–Crippen MR) is 142 cm³/mol. The van der Waals surface area contributed by atoms with Gasteiger partial charge in [0.05, 0.1) is 23.0 Å². The topological polar surface area (TPSA) is 59.9 Å². The SMILES string of the molecule is CCOc1cc(/C=N\NC(=O)CSc2ccc(Cl)cc2)cc(Br)c1OCc1ccc(Br)cc1. The lowest BCUT2D eigenvalue weighted by Crippen LogP contribution is -2.19. The van der Waals surface area contributed by atoms with Gasteiger partial charge in [-0.05, 0) is 82.5 Å². The van der Waals surface area contributed by atoms with Crippen LogP contribution in [0, 0.1) is 0 Å². The van der Waals surface area contributed by atoms with Gasteiger partial charge in [0.2, 0.25) is 5.91 Å². The molecule has 0 spiro atoms. The number of nitrogens with one attached hydrogen (secondary N) is 1. The molecule has 0 aliphatic rings. The zero-order chi connectivity index (χ0) is 23.6. The quantitative estimate of drug-likeness (QED) is 0.151. The summed E-state index contributed by atoms with van der Waals surface area (Å²) in [5, 5.41) is 4.72. The van der Waals surface area contributed by atoms with E-state index in [0.29, 0.717) is 29.7 Å². The molecule has 1 amide bonds. The van der Waals surface area contributed by atoms with E-state index in [4.69, 9.17) is 21.1 Å². The lowest BCUT2D eigenvalue weighted by Gasteiger charge is -2.14. The second-order valence-corrected chi connectivity index (χ2v) is 9.97. The lowest BCUT2D eigenvalue weighted by molar-refractivity contribution is -0.118. The Kier molecular flexibility index (Phi) is 10.1. The van der Waals surface area contributed by atoms with Crippen molar-refractivity contribution < 1.29 is 14.3 Å². The van der Waals surface area contributed by atoms with E-state index in [2.05, 4.69) is 42.4 Å². The number of benzene rings is 3. The van der Waals surface area contributed by atoms with Crippen LogP contribution < -0.4 is 14.9 Å². The second-order valence-electron chi connectivity index (χ2n) is 6.71. The molecular formula is C24H21Br2ClN2O3S. The molecule has 0 fully saturated rings. The molecule has 3 aromatic rings. The van der Waals surface area contributed by atoms with E-state index >= 15 is 0 Å². The first-order chi connectivity index (χ1) is 15.9. The average Bonchev–Trinajstić information content (AvgIpc) is 2.79. The van der Waals surface area contributed by atoms with Crippen LogP contribution in [0.3, 0.4) is 0 Å². The Morgan fingerprint density at radius 1 is 1.09 bits per heavy atom. The van der Waals surface area contributed by atoms with E-state index in [1.54, 1.807) is 18.3 Å². The monoisotopic (exact) mass is 610 g/mol. The van der Waals surface area contributed by atoms with Crippen molar-refractivity contribution in [3.63, 3.8) is 0 Å². The number of carbonyl (C=O) groups excluding carboxylic acids is 1. The molecular weight excluding hydrogens is 592 g/mol. The van der Waals surface area contributed by atoms with Gasteiger partial charge in [-0.3, -0.25) is 4.79 Å². The van der Waals surface area contributed by atoms with Crippen molar-refractivity contribution in [2.75, 3.05) is 12.4 Å². The molecule has 5 nitrogen and oxygen atoms in total. The Labute approximate surface area is 219 Å². The van der Waals surface area contributed by atoms with Gasteiger partial charge in [-0.2, -0.15) is 5.10 Å². The first-order valence-corrected chi connectivity index (χ1v) is 12.9. The van der Waals surface area contributed by atoms with E-state index in [0.717, 1.165) is 25.0 Å². The zero-order valence-corrected chi connectivity index (χ0v) is 22.4. The molecule has 0 atom stereocenters. The Morgan fingerprint density at radius 2 is 1.82 bits per heavy atom. The maximum absolute atomic E-state index is 12.1. The Bertz CT molecular complexity index is 1110. The molecule has 0 saturated heterocycles. The highest BCUT2D eigenvalue weighted by Crippen LogP contribution is 2.37. The van der Waals surface area contributed by atoms with Crippen molar-refractivity contribution in [1.29, 1.82) is 0 Å². The summed E-state index contributed by atoms with van der Waals surface area (Å²) in [7, 11) is 0. The Hall–Kier alpha value is -2.00. The van der Waals surface area contributed by atoms with Crippen LogP contribution in [0.2, 0.25) is 5.02 Å². The molecule has 0 unspecified atom stereocenters. The minimum Gasteiger partial charge on any atom is -0.490 e. The molecule has 0 saturated carbocycles. The third-order valence-electron chi connectivity index (χ3n) is 4.21. The number of ether oxygens (including phenoxy) is 2. The van der Waals surface area contributed by atoms with Gasteiger partial charge in [0.1, 0.15) is 6.61 Å². The summed E-state index contributed by atoms with van der Waals surface area (Å²) in [6, 6.07) is 18.9. The number of rotatable bonds is 10. The summed E-state index contributed by atoms with van der Waals surface area (Å²) >= 11 is 14.3. The number of thioether (sulfide) groups is 1. The second kappa shape index (κ2) is 13.0. The number of halogens is 3. The van der Waals surface area contributed by atoms with Gasteiger partial charge in [0, 0.05) is 14.4 Å². The van der Waals surface area contributed by atoms with Crippen LogP contribution >= 0.6 is 55.2 Å². The summed E-state index contributed by atoms with van der Waals surface area (Å²) in [6.07, 6.45) is 1.57. The molecule has 0 bridgehead atoms. The van der Waals surface area contributed by atoms with Gasteiger partial charge < -0.3 is 9.47 Å². The molecule has 33 heavy (non-hydrogen) atoms. The number of hydrazone groups is 1. The summed E-state index contributed by atoms with van der Waals surface area (Å²) in [6.45, 7) is 2.80. The van der Waals surface area contributed by atoms with Crippen LogP contribution in [0.4, 0.5) is 0 Å². The molecule has 0 aliphatic heterocycles. The van der Waals surface area contributed by atoms with Crippen molar-refractivity contribution in [3.05, 3.63) is 85.8 Å². The van der Waals surface area contributed by atoms with Crippen molar-refractivity contribution >= 4 is 67.3 Å². The van der Waals surface area contributed by atoms with Gasteiger partial charge in [0.25, 0.3) is 0 Å². The molecule has 0 aliphatic carbocycles. The van der Waals surface area contributed by atoms with Crippen LogP contribution in [0.25, 0.3) is 0 Å². The number of hydrogen-bond acceptors (Lipinski definition) is 5. The first-order valence-electron chi connectivity index (χ1n) is 9.98. The number of amides is 1. The van der Waals surface area contributed by atoms with Gasteiger partial charge in [-0.15, -0.1) is 11.8 Å². The molecule has 172 valence electrons. The number of nitrogens with zero attached hydrogens (tertiary/aromatic N) is 1. The third kappa shape index (κ3) is 8.37. The Balaban J connectivity index is 1.60. The molecule has 9 heteroatoms. The normalized spacial score (nSPS) is 10.9. The number of hydrogen-bond donors (Lipinski definition) is 1. The van der Waals surface area contributed by atoms with E-state index < -0.39 is 0 Å². The molecule has 0 heterocycles. The van der Waals surface area contributed by atoms with Crippen LogP contribution in [0.1, 0.15) is 18.1 Å². The van der Waals surface area contributed by atoms with Crippen LogP contribution in [0.5, 0.6) is 11.5 Å². The van der Waals surface area contributed by atoms with Gasteiger partial charge >= 0.3 is 0 Å². The smallest absolute Gasteiger partial charge is 0.250 e. The fourth-order valence-corrected chi connectivity index (χ4v) is 4.35. The van der Waals surface area contributed by atoms with Crippen molar-refractivity contribution in [1.82, 2.24) is 5.43 Å². The maximum atomic E-state index is 12.1. The molecule has 0 radical (unpaired) electrons. The predicted octanol–water partition coefficient (Wildman–Crippen LogP) is 7.09. The molecule has 0 aromatic heterocycles. The van der Waals surface area contributed by atoms with Gasteiger partial charge in [0.15, 0.2) is 11.5 Å². The average molecular weight is 613 g/mol. The standard InChI is InChI=1S/C24H21Br2ClN2O3S/c1-2-31-22-12-17(11-21(26)24(22)32-14-16-3-5-18(25)6-4-16)13-28-29-23(30)15-33-20-9-7-19(27)8-10-20/h3-13H,2,14-15H2,1H3,(H,29,30)/b28-13-. The maximum Gasteiger partial charge on any atom is 0.250 e. The van der Waals surface area contributed by atoms with Crippen LogP contribution in [-0.2, 0) is 11.4 Å². The van der Waals surface area contributed by atoms with E-state index in [1.165, 1.54) is 11.8 Å².